The summed E-state index contributed by atoms with van der Waals surface area (Å²) >= 11 is 1.84. The molecule has 0 radical (unpaired) electrons. The summed E-state index contributed by atoms with van der Waals surface area (Å²) in [6.45, 7) is 8.27. The summed E-state index contributed by atoms with van der Waals surface area (Å²) in [7, 11) is 0. The van der Waals surface area contributed by atoms with Gasteiger partial charge in [0.25, 0.3) is 0 Å². The minimum atomic E-state index is -0.243. The summed E-state index contributed by atoms with van der Waals surface area (Å²) in [6, 6.07) is 0. The van der Waals surface area contributed by atoms with Crippen LogP contribution < -0.4 is 0 Å². The first-order chi connectivity index (χ1) is 6.29. The lowest BCUT2D eigenvalue weighted by atomic mass is 9.83. The Bertz CT molecular complexity index is 246. The standard InChI is InChI=1S/C11H21NOS/c1-10(2)6-9(8-14-5)7-11(3,4)12(10)13/h6,13H,7-8H2,1-5H3. The van der Waals surface area contributed by atoms with Crippen molar-refractivity contribution in [3.8, 4) is 0 Å². The molecule has 3 heteroatoms. The molecule has 82 valence electrons. The van der Waals surface area contributed by atoms with Crippen LogP contribution in [-0.4, -0.2) is 33.4 Å². The van der Waals surface area contributed by atoms with Crippen molar-refractivity contribution in [1.82, 2.24) is 5.06 Å². The minimum absolute atomic E-state index is 0.149. The van der Waals surface area contributed by atoms with Gasteiger partial charge in [0, 0.05) is 11.3 Å². The molecule has 0 aromatic rings. The van der Waals surface area contributed by atoms with Gasteiger partial charge in [-0.1, -0.05) is 11.6 Å². The number of nitrogens with zero attached hydrogens (tertiary/aromatic N) is 1. The van der Waals surface area contributed by atoms with E-state index in [4.69, 9.17) is 0 Å². The van der Waals surface area contributed by atoms with Crippen LogP contribution in [0.25, 0.3) is 0 Å². The molecular weight excluding hydrogens is 194 g/mol. The second-order valence-electron chi connectivity index (χ2n) is 5.19. The van der Waals surface area contributed by atoms with Crippen LogP contribution in [0, 0.1) is 0 Å². The van der Waals surface area contributed by atoms with Gasteiger partial charge in [0.2, 0.25) is 0 Å². The van der Waals surface area contributed by atoms with Crippen LogP contribution in [0.3, 0.4) is 0 Å². The number of hydrogen-bond acceptors (Lipinski definition) is 3. The third-order valence-electron chi connectivity index (χ3n) is 2.67. The summed E-state index contributed by atoms with van der Waals surface area (Å²) in [5.74, 6) is 1.07. The lowest BCUT2D eigenvalue weighted by Crippen LogP contribution is -2.55. The van der Waals surface area contributed by atoms with E-state index in [9.17, 15) is 5.21 Å². The predicted molar refractivity (Wildman–Crippen MR) is 62.9 cm³/mol. The zero-order chi connectivity index (χ0) is 11.0. The topological polar surface area (TPSA) is 23.5 Å². The minimum Gasteiger partial charge on any atom is -0.313 e. The second-order valence-corrected chi connectivity index (χ2v) is 6.06. The highest BCUT2D eigenvalue weighted by Crippen LogP contribution is 2.36. The molecule has 1 aliphatic heterocycles. The van der Waals surface area contributed by atoms with E-state index in [0.29, 0.717) is 0 Å². The van der Waals surface area contributed by atoms with Gasteiger partial charge in [0.05, 0.1) is 5.54 Å². The highest BCUT2D eigenvalue weighted by Gasteiger charge is 2.40. The normalized spacial score (nSPS) is 26.0. The van der Waals surface area contributed by atoms with Gasteiger partial charge in [0.15, 0.2) is 0 Å². The Kier molecular flexibility index (Phi) is 3.34. The van der Waals surface area contributed by atoms with E-state index in [1.54, 1.807) is 0 Å². The highest BCUT2D eigenvalue weighted by atomic mass is 32.2. The molecule has 0 saturated heterocycles. The molecule has 1 N–H and O–H groups in total. The lowest BCUT2D eigenvalue weighted by molar-refractivity contribution is -0.213. The number of rotatable bonds is 2. The van der Waals surface area contributed by atoms with E-state index in [-0.39, 0.29) is 11.1 Å². The zero-order valence-electron chi connectivity index (χ0n) is 9.79. The maximum atomic E-state index is 10.0. The molecule has 0 amide bonds. The van der Waals surface area contributed by atoms with Crippen molar-refractivity contribution in [1.29, 1.82) is 0 Å². The summed E-state index contributed by atoms with van der Waals surface area (Å²) in [6.07, 6.45) is 5.26. The van der Waals surface area contributed by atoms with Crippen LogP contribution in [0.4, 0.5) is 0 Å². The average Bonchev–Trinajstić information content (AvgIpc) is 1.99. The molecule has 2 nitrogen and oxygen atoms in total. The van der Waals surface area contributed by atoms with Crippen LogP contribution in [0.15, 0.2) is 11.6 Å². The van der Waals surface area contributed by atoms with Crippen molar-refractivity contribution < 1.29 is 5.21 Å². The van der Waals surface area contributed by atoms with Crippen LogP contribution in [0.1, 0.15) is 34.1 Å². The van der Waals surface area contributed by atoms with Crippen molar-refractivity contribution in [2.24, 2.45) is 0 Å². The summed E-state index contributed by atoms with van der Waals surface area (Å²) in [5.41, 5.74) is 1.05. The first-order valence-electron chi connectivity index (χ1n) is 4.98. The molecular formula is C11H21NOS. The molecule has 0 unspecified atom stereocenters. The first kappa shape index (κ1) is 12.1. The van der Waals surface area contributed by atoms with Crippen molar-refractivity contribution in [3.63, 3.8) is 0 Å². The van der Waals surface area contributed by atoms with Crippen molar-refractivity contribution in [2.75, 3.05) is 12.0 Å². The summed E-state index contributed by atoms with van der Waals surface area (Å²) in [4.78, 5) is 0. The Hall–Kier alpha value is 0.01000. The number of hydrogen-bond donors (Lipinski definition) is 1. The SMILES string of the molecule is CSCC1=CC(C)(C)N(O)C(C)(C)C1. The van der Waals surface area contributed by atoms with E-state index >= 15 is 0 Å². The molecule has 0 saturated carbocycles. The van der Waals surface area contributed by atoms with Gasteiger partial charge in [-0.3, -0.25) is 0 Å². The largest absolute Gasteiger partial charge is 0.313 e. The average molecular weight is 215 g/mol. The molecule has 0 atom stereocenters. The van der Waals surface area contributed by atoms with Gasteiger partial charge in [-0.15, -0.1) is 0 Å². The summed E-state index contributed by atoms with van der Waals surface area (Å²) < 4.78 is 0. The number of thioether (sulfide) groups is 1. The lowest BCUT2D eigenvalue weighted by Gasteiger charge is -2.47. The monoisotopic (exact) mass is 215 g/mol. The third-order valence-corrected chi connectivity index (χ3v) is 3.33. The van der Waals surface area contributed by atoms with Crippen LogP contribution >= 0.6 is 11.8 Å². The Morgan fingerprint density at radius 2 is 2.00 bits per heavy atom. The Balaban J connectivity index is 2.94. The molecule has 0 aromatic heterocycles. The van der Waals surface area contributed by atoms with Gasteiger partial charge in [-0.25, -0.2) is 0 Å². The van der Waals surface area contributed by atoms with Crippen LogP contribution in [0.2, 0.25) is 0 Å². The molecule has 1 rings (SSSR count). The van der Waals surface area contributed by atoms with E-state index < -0.39 is 0 Å². The van der Waals surface area contributed by atoms with E-state index in [1.807, 2.05) is 25.6 Å². The van der Waals surface area contributed by atoms with Gasteiger partial charge in [-0.05, 0) is 40.4 Å². The Morgan fingerprint density at radius 3 is 2.43 bits per heavy atom. The maximum absolute atomic E-state index is 10.0. The molecule has 1 aliphatic rings. The summed E-state index contributed by atoms with van der Waals surface area (Å²) in [5, 5.41) is 11.5. The number of hydroxylamine groups is 2. The quantitative estimate of drug-likeness (QED) is 0.716. The van der Waals surface area contributed by atoms with E-state index in [2.05, 4.69) is 26.2 Å². The molecule has 0 aliphatic carbocycles. The molecule has 0 bridgehead atoms. The molecule has 0 aromatic carbocycles. The van der Waals surface area contributed by atoms with Gasteiger partial charge in [-0.2, -0.15) is 16.8 Å². The zero-order valence-corrected chi connectivity index (χ0v) is 10.6. The molecule has 0 spiro atoms. The van der Waals surface area contributed by atoms with Gasteiger partial charge in [0.1, 0.15) is 0 Å². The smallest absolute Gasteiger partial charge is 0.0592 e. The first-order valence-corrected chi connectivity index (χ1v) is 6.38. The Labute approximate surface area is 91.3 Å². The van der Waals surface area contributed by atoms with Gasteiger partial charge >= 0.3 is 0 Å². The maximum Gasteiger partial charge on any atom is 0.0592 e. The molecule has 0 fully saturated rings. The fraction of sp³-hybridized carbons (Fsp3) is 0.818. The molecule has 1 heterocycles. The molecule has 14 heavy (non-hydrogen) atoms. The van der Waals surface area contributed by atoms with Gasteiger partial charge < -0.3 is 5.21 Å². The fourth-order valence-electron chi connectivity index (χ4n) is 2.30. The van der Waals surface area contributed by atoms with E-state index in [1.165, 1.54) is 10.6 Å². The third kappa shape index (κ3) is 2.33. The fourth-order valence-corrected chi connectivity index (χ4v) is 2.86. The van der Waals surface area contributed by atoms with Crippen LogP contribution in [0.5, 0.6) is 0 Å². The van der Waals surface area contributed by atoms with Crippen molar-refractivity contribution in [2.45, 2.75) is 45.2 Å². The van der Waals surface area contributed by atoms with Crippen LogP contribution in [-0.2, 0) is 0 Å². The Morgan fingerprint density at radius 1 is 1.43 bits per heavy atom. The van der Waals surface area contributed by atoms with E-state index in [0.717, 1.165) is 12.2 Å². The second kappa shape index (κ2) is 3.87. The van der Waals surface area contributed by atoms with Crippen molar-refractivity contribution >= 4 is 11.8 Å². The van der Waals surface area contributed by atoms with Crippen molar-refractivity contribution in [3.05, 3.63) is 11.6 Å². The highest BCUT2D eigenvalue weighted by molar-refractivity contribution is 7.98. The predicted octanol–water partition coefficient (Wildman–Crippen LogP) is 2.93.